The van der Waals surface area contributed by atoms with E-state index in [0.717, 1.165) is 32.4 Å². The number of benzene rings is 2. The summed E-state index contributed by atoms with van der Waals surface area (Å²) in [6.45, 7) is 4.21. The number of halogens is 1. The lowest BCUT2D eigenvalue weighted by molar-refractivity contribution is -0.139. The van der Waals surface area contributed by atoms with E-state index in [0.29, 0.717) is 29.3 Å². The van der Waals surface area contributed by atoms with Crippen molar-refractivity contribution in [1.29, 1.82) is 0 Å². The van der Waals surface area contributed by atoms with Gasteiger partial charge in [-0.2, -0.15) is 0 Å². The molecule has 2 heterocycles. The molecule has 2 N–H and O–H groups in total. The van der Waals surface area contributed by atoms with E-state index in [-0.39, 0.29) is 18.5 Å². The minimum atomic E-state index is -0.691. The Morgan fingerprint density at radius 3 is 2.45 bits per heavy atom. The fourth-order valence-electron chi connectivity index (χ4n) is 4.62. The Labute approximate surface area is 193 Å². The van der Waals surface area contributed by atoms with Crippen LogP contribution in [0.25, 0.3) is 0 Å². The third kappa shape index (κ3) is 5.79. The fourth-order valence-corrected chi connectivity index (χ4v) is 4.62. The molecule has 4 rings (SSSR count). The van der Waals surface area contributed by atoms with E-state index < -0.39 is 12.0 Å². The molecule has 0 aliphatic carbocycles. The van der Waals surface area contributed by atoms with Crippen LogP contribution in [-0.4, -0.2) is 43.1 Å². The smallest absolute Gasteiger partial charge is 0.338 e. The number of carbonyl (C=O) groups is 2. The third-order valence-corrected chi connectivity index (χ3v) is 6.31. The highest BCUT2D eigenvalue weighted by atomic mass is 19.1. The number of hydrogen-bond acceptors (Lipinski definition) is 4. The van der Waals surface area contributed by atoms with Gasteiger partial charge in [0.15, 0.2) is 0 Å². The Balaban J connectivity index is 1.50. The zero-order valence-electron chi connectivity index (χ0n) is 18.9. The maximum Gasteiger partial charge on any atom is 0.338 e. The summed E-state index contributed by atoms with van der Waals surface area (Å²) in [6, 6.07) is 15.3. The van der Waals surface area contributed by atoms with Gasteiger partial charge in [0.05, 0.1) is 18.2 Å². The predicted octanol–water partition coefficient (Wildman–Crippen LogP) is 3.95. The molecule has 33 heavy (non-hydrogen) atoms. The number of likely N-dealkylation sites (tertiary alicyclic amines) is 1. The highest BCUT2D eigenvalue weighted by Crippen LogP contribution is 2.29. The Kier molecular flexibility index (Phi) is 7.40. The lowest BCUT2D eigenvalue weighted by Crippen LogP contribution is -2.49. The van der Waals surface area contributed by atoms with Crippen molar-refractivity contribution in [1.82, 2.24) is 15.5 Å². The van der Waals surface area contributed by atoms with Crippen molar-refractivity contribution in [2.75, 3.05) is 26.2 Å². The van der Waals surface area contributed by atoms with Gasteiger partial charge in [-0.3, -0.25) is 4.90 Å². The van der Waals surface area contributed by atoms with Gasteiger partial charge in [-0.25, -0.2) is 14.0 Å². The van der Waals surface area contributed by atoms with Gasteiger partial charge in [-0.15, -0.1) is 0 Å². The van der Waals surface area contributed by atoms with Crippen LogP contribution in [0, 0.1) is 11.7 Å². The number of amides is 2. The van der Waals surface area contributed by atoms with Gasteiger partial charge >= 0.3 is 12.0 Å². The molecule has 1 fully saturated rings. The summed E-state index contributed by atoms with van der Waals surface area (Å²) >= 11 is 0. The van der Waals surface area contributed by atoms with Gasteiger partial charge in [0.2, 0.25) is 0 Å². The normalized spacial score (nSPS) is 19.7. The molecule has 2 aliphatic rings. The second-order valence-corrected chi connectivity index (χ2v) is 8.60. The number of nitrogens with one attached hydrogen (secondary N) is 2. The molecular weight excluding hydrogens is 421 g/mol. The minimum absolute atomic E-state index is 0.227. The molecule has 7 heteroatoms. The SMILES string of the molecule is CCOC(=O)C1=C(CN2CCC(Cc3ccccc3)CC2)NC(=O)NC1c1ccc(F)cc1. The number of piperidine rings is 1. The predicted molar refractivity (Wildman–Crippen MR) is 124 cm³/mol. The maximum absolute atomic E-state index is 13.5. The zero-order valence-corrected chi connectivity index (χ0v) is 18.9. The molecule has 0 aromatic heterocycles. The van der Waals surface area contributed by atoms with E-state index >= 15 is 0 Å². The van der Waals surface area contributed by atoms with E-state index in [4.69, 9.17) is 4.74 Å². The average Bonchev–Trinajstić information content (AvgIpc) is 2.81. The molecule has 6 nitrogen and oxygen atoms in total. The van der Waals surface area contributed by atoms with Crippen LogP contribution in [0.1, 0.15) is 36.9 Å². The standard InChI is InChI=1S/C26H30FN3O3/c1-2-33-25(31)23-22(28-26(32)29-24(23)20-8-10-21(27)11-9-20)17-30-14-12-19(13-15-30)16-18-6-4-3-5-7-18/h3-11,19,24H,2,12-17H2,1H3,(H2,28,29,32). The lowest BCUT2D eigenvalue weighted by atomic mass is 9.89. The van der Waals surface area contributed by atoms with E-state index in [2.05, 4.69) is 39.8 Å². The van der Waals surface area contributed by atoms with Crippen molar-refractivity contribution >= 4 is 12.0 Å². The van der Waals surface area contributed by atoms with E-state index in [1.807, 2.05) is 6.07 Å². The molecule has 0 spiro atoms. The van der Waals surface area contributed by atoms with Gasteiger partial charge in [0, 0.05) is 12.2 Å². The van der Waals surface area contributed by atoms with Crippen molar-refractivity contribution in [2.24, 2.45) is 5.92 Å². The monoisotopic (exact) mass is 451 g/mol. The van der Waals surface area contributed by atoms with Crippen LogP contribution in [0.4, 0.5) is 9.18 Å². The van der Waals surface area contributed by atoms with E-state index in [9.17, 15) is 14.0 Å². The van der Waals surface area contributed by atoms with Gasteiger partial charge in [-0.1, -0.05) is 42.5 Å². The highest BCUT2D eigenvalue weighted by Gasteiger charge is 2.34. The summed E-state index contributed by atoms with van der Waals surface area (Å²) in [6.07, 6.45) is 3.19. The largest absolute Gasteiger partial charge is 0.463 e. The van der Waals surface area contributed by atoms with Gasteiger partial charge in [0.1, 0.15) is 5.82 Å². The molecule has 0 radical (unpaired) electrons. The van der Waals surface area contributed by atoms with Crippen LogP contribution in [0.3, 0.4) is 0 Å². The first-order valence-electron chi connectivity index (χ1n) is 11.5. The second-order valence-electron chi connectivity index (χ2n) is 8.60. The molecule has 0 saturated carbocycles. The summed E-state index contributed by atoms with van der Waals surface area (Å²) in [4.78, 5) is 27.6. The van der Waals surface area contributed by atoms with Gasteiger partial charge < -0.3 is 15.4 Å². The maximum atomic E-state index is 13.5. The molecule has 1 unspecified atom stereocenters. The number of esters is 1. The molecule has 2 aliphatic heterocycles. The number of hydrogen-bond donors (Lipinski definition) is 2. The number of rotatable bonds is 7. The van der Waals surface area contributed by atoms with Crippen LogP contribution < -0.4 is 10.6 Å². The zero-order chi connectivity index (χ0) is 23.2. The fraction of sp³-hybridized carbons (Fsp3) is 0.385. The number of ether oxygens (including phenoxy) is 1. The second kappa shape index (κ2) is 10.6. The Hall–Kier alpha value is -3.19. The molecule has 0 bridgehead atoms. The van der Waals surface area contributed by atoms with E-state index in [1.165, 1.54) is 17.7 Å². The molecular formula is C26H30FN3O3. The number of urea groups is 1. The quantitative estimate of drug-likeness (QED) is 0.626. The van der Waals surface area contributed by atoms with Crippen LogP contribution in [0.5, 0.6) is 0 Å². The van der Waals surface area contributed by atoms with E-state index in [1.54, 1.807) is 19.1 Å². The molecule has 1 saturated heterocycles. The summed E-state index contributed by atoms with van der Waals surface area (Å²) in [5.41, 5.74) is 2.91. The van der Waals surface area contributed by atoms with Crippen LogP contribution in [0.2, 0.25) is 0 Å². The van der Waals surface area contributed by atoms with Gasteiger partial charge in [-0.05, 0) is 68.5 Å². The molecule has 2 amide bonds. The molecule has 2 aromatic rings. The van der Waals surface area contributed by atoms with Gasteiger partial charge in [0.25, 0.3) is 0 Å². The lowest BCUT2D eigenvalue weighted by Gasteiger charge is -2.35. The van der Waals surface area contributed by atoms with Crippen LogP contribution in [-0.2, 0) is 16.0 Å². The summed E-state index contributed by atoms with van der Waals surface area (Å²) in [5, 5.41) is 5.62. The topological polar surface area (TPSA) is 70.7 Å². The Morgan fingerprint density at radius 1 is 1.09 bits per heavy atom. The molecule has 1 atom stereocenters. The minimum Gasteiger partial charge on any atom is -0.463 e. The third-order valence-electron chi connectivity index (χ3n) is 6.31. The van der Waals surface area contributed by atoms with Crippen LogP contribution in [0.15, 0.2) is 65.9 Å². The first-order chi connectivity index (χ1) is 16.0. The summed E-state index contributed by atoms with van der Waals surface area (Å²) in [5.74, 6) is -0.232. The molecule has 174 valence electrons. The van der Waals surface area contributed by atoms with Crippen molar-refractivity contribution in [3.63, 3.8) is 0 Å². The first kappa shape index (κ1) is 23.0. The highest BCUT2D eigenvalue weighted by molar-refractivity contribution is 5.95. The van der Waals surface area contributed by atoms with Crippen molar-refractivity contribution < 1.29 is 18.7 Å². The summed E-state index contributed by atoms with van der Waals surface area (Å²) in [7, 11) is 0. The van der Waals surface area contributed by atoms with Crippen molar-refractivity contribution in [2.45, 2.75) is 32.2 Å². The Morgan fingerprint density at radius 2 is 1.79 bits per heavy atom. The number of nitrogens with zero attached hydrogens (tertiary/aromatic N) is 1. The van der Waals surface area contributed by atoms with Crippen molar-refractivity contribution in [3.8, 4) is 0 Å². The first-order valence-corrected chi connectivity index (χ1v) is 11.5. The van der Waals surface area contributed by atoms with Crippen molar-refractivity contribution in [3.05, 3.63) is 82.8 Å². The number of carbonyl (C=O) groups excluding carboxylic acids is 2. The Bertz CT molecular complexity index is 999. The average molecular weight is 452 g/mol. The molecule has 2 aromatic carbocycles. The van der Waals surface area contributed by atoms with Crippen LogP contribution >= 0.6 is 0 Å². The summed E-state index contributed by atoms with van der Waals surface area (Å²) < 4.78 is 18.8.